The molecule has 7 heteroatoms. The topological polar surface area (TPSA) is 72.3 Å². The van der Waals surface area contributed by atoms with Gasteiger partial charge in [0.05, 0.1) is 16.8 Å². The Morgan fingerprint density at radius 3 is 2.52 bits per heavy atom. The van der Waals surface area contributed by atoms with Crippen molar-refractivity contribution < 1.29 is 13.2 Å². The van der Waals surface area contributed by atoms with Gasteiger partial charge in [-0.15, -0.1) is 0 Å². The van der Waals surface area contributed by atoms with E-state index >= 15 is 0 Å². The smallest absolute Gasteiger partial charge is 0.224 e. The molecule has 0 spiro atoms. The Kier molecular flexibility index (Phi) is 4.75. The zero-order valence-corrected chi connectivity index (χ0v) is 14.4. The summed E-state index contributed by atoms with van der Waals surface area (Å²) in [6.07, 6.45) is 10.4. The lowest BCUT2D eigenvalue weighted by atomic mass is 10.0. The molecule has 1 atom stereocenters. The van der Waals surface area contributed by atoms with E-state index in [1.54, 1.807) is 17.4 Å². The second-order valence-corrected chi connectivity index (χ2v) is 9.34. The first-order chi connectivity index (χ1) is 11.0. The molecule has 1 aromatic rings. The number of hydrogen-bond acceptors (Lipinski definition) is 4. The Bertz CT molecular complexity index is 630. The van der Waals surface area contributed by atoms with Gasteiger partial charge in [0.2, 0.25) is 5.91 Å². The molecule has 1 aromatic heterocycles. The minimum absolute atomic E-state index is 0.0290. The first-order valence-corrected chi connectivity index (χ1v) is 10.1. The van der Waals surface area contributed by atoms with Gasteiger partial charge in [-0.25, -0.2) is 13.4 Å². The highest BCUT2D eigenvalue weighted by molar-refractivity contribution is 7.92. The van der Waals surface area contributed by atoms with Crippen molar-refractivity contribution in [3.05, 3.63) is 18.7 Å². The van der Waals surface area contributed by atoms with Gasteiger partial charge in [0.1, 0.15) is 0 Å². The number of carbonyl (C=O) groups is 1. The maximum atomic E-state index is 12.6. The van der Waals surface area contributed by atoms with Crippen molar-refractivity contribution in [2.75, 3.05) is 13.1 Å². The molecule has 2 fully saturated rings. The van der Waals surface area contributed by atoms with Crippen molar-refractivity contribution in [3.63, 3.8) is 0 Å². The van der Waals surface area contributed by atoms with Crippen LogP contribution in [0.25, 0.3) is 0 Å². The number of rotatable bonds is 5. The molecule has 128 valence electrons. The number of hydrogen-bond donors (Lipinski definition) is 0. The normalized spacial score (nSPS) is 21.9. The van der Waals surface area contributed by atoms with Gasteiger partial charge in [-0.05, 0) is 19.8 Å². The molecule has 0 radical (unpaired) electrons. The lowest BCUT2D eigenvalue weighted by Crippen LogP contribution is -2.59. The molecule has 0 unspecified atom stereocenters. The van der Waals surface area contributed by atoms with Crippen LogP contribution >= 0.6 is 0 Å². The molecule has 2 aliphatic rings. The van der Waals surface area contributed by atoms with Crippen LogP contribution in [0.5, 0.6) is 0 Å². The largest absolute Gasteiger partial charge is 0.340 e. The fourth-order valence-electron chi connectivity index (χ4n) is 3.53. The SMILES string of the molecule is C[C@@H](CC(=O)N1CC(S(=O)(=O)C2CCCCC2)C1)n1ccnc1. The summed E-state index contributed by atoms with van der Waals surface area (Å²) in [6.45, 7) is 2.71. The van der Waals surface area contributed by atoms with Crippen molar-refractivity contribution in [1.29, 1.82) is 0 Å². The van der Waals surface area contributed by atoms with E-state index in [0.717, 1.165) is 32.1 Å². The van der Waals surface area contributed by atoms with Gasteiger partial charge in [-0.3, -0.25) is 4.79 Å². The fraction of sp³-hybridized carbons (Fsp3) is 0.750. The highest BCUT2D eigenvalue weighted by Crippen LogP contribution is 2.30. The van der Waals surface area contributed by atoms with E-state index in [4.69, 9.17) is 0 Å². The Labute approximate surface area is 137 Å². The van der Waals surface area contributed by atoms with Crippen LogP contribution in [0, 0.1) is 0 Å². The summed E-state index contributed by atoms with van der Waals surface area (Å²) in [5.74, 6) is 0.0290. The molecular formula is C16H25N3O3S. The molecular weight excluding hydrogens is 314 g/mol. The van der Waals surface area contributed by atoms with Crippen molar-refractivity contribution >= 4 is 15.7 Å². The number of amides is 1. The quantitative estimate of drug-likeness (QED) is 0.820. The van der Waals surface area contributed by atoms with Crippen molar-refractivity contribution in [3.8, 4) is 0 Å². The van der Waals surface area contributed by atoms with Crippen LogP contribution in [0.4, 0.5) is 0 Å². The molecule has 0 aromatic carbocycles. The number of aromatic nitrogens is 2. The molecule has 0 N–H and O–H groups in total. The highest BCUT2D eigenvalue weighted by atomic mass is 32.2. The summed E-state index contributed by atoms with van der Waals surface area (Å²) >= 11 is 0. The van der Waals surface area contributed by atoms with Crippen molar-refractivity contribution in [2.45, 2.75) is 62.0 Å². The molecule has 6 nitrogen and oxygen atoms in total. The Morgan fingerprint density at radius 1 is 1.22 bits per heavy atom. The summed E-state index contributed by atoms with van der Waals surface area (Å²) in [7, 11) is -3.07. The van der Waals surface area contributed by atoms with E-state index in [2.05, 4.69) is 4.98 Å². The lowest BCUT2D eigenvalue weighted by Gasteiger charge is -2.41. The monoisotopic (exact) mass is 339 g/mol. The van der Waals surface area contributed by atoms with E-state index in [-0.39, 0.29) is 22.4 Å². The number of likely N-dealkylation sites (tertiary alicyclic amines) is 1. The summed E-state index contributed by atoms with van der Waals surface area (Å²) in [4.78, 5) is 17.9. The standard InChI is InChI=1S/C16H25N3O3S/c1-13(18-8-7-17-12-18)9-16(20)19-10-15(11-19)23(21,22)14-5-3-2-4-6-14/h7-8,12-15H,2-6,9-11H2,1H3/t13-/m0/s1. The second-order valence-electron chi connectivity index (χ2n) is 6.83. The average molecular weight is 339 g/mol. The van der Waals surface area contributed by atoms with Crippen LogP contribution < -0.4 is 0 Å². The summed E-state index contributed by atoms with van der Waals surface area (Å²) in [5, 5.41) is -0.526. The van der Waals surface area contributed by atoms with Crippen LogP contribution in [0.15, 0.2) is 18.7 Å². The minimum atomic E-state index is -3.07. The number of carbonyl (C=O) groups excluding carboxylic acids is 1. The van der Waals surface area contributed by atoms with Crippen LogP contribution in [-0.4, -0.2) is 52.4 Å². The van der Waals surface area contributed by atoms with Gasteiger partial charge in [0, 0.05) is 37.9 Å². The molecule has 1 aliphatic heterocycles. The third kappa shape index (κ3) is 3.44. The molecule has 1 aliphatic carbocycles. The first kappa shape index (κ1) is 16.5. The first-order valence-electron chi connectivity index (χ1n) is 8.46. The number of nitrogens with zero attached hydrogens (tertiary/aromatic N) is 3. The Balaban J connectivity index is 1.51. The zero-order valence-electron chi connectivity index (χ0n) is 13.6. The van der Waals surface area contributed by atoms with Gasteiger partial charge in [0.15, 0.2) is 9.84 Å². The average Bonchev–Trinajstić information content (AvgIpc) is 3.00. The van der Waals surface area contributed by atoms with Gasteiger partial charge in [-0.1, -0.05) is 19.3 Å². The van der Waals surface area contributed by atoms with E-state index in [0.29, 0.717) is 19.5 Å². The van der Waals surface area contributed by atoms with Gasteiger partial charge < -0.3 is 9.47 Å². The molecule has 2 heterocycles. The summed E-state index contributed by atoms with van der Waals surface area (Å²) in [5.41, 5.74) is 0. The number of imidazole rings is 1. The van der Waals surface area contributed by atoms with E-state index in [9.17, 15) is 13.2 Å². The molecule has 3 rings (SSSR count). The molecule has 23 heavy (non-hydrogen) atoms. The van der Waals surface area contributed by atoms with Crippen LogP contribution in [0.1, 0.15) is 51.5 Å². The summed E-state index contributed by atoms with van der Waals surface area (Å²) < 4.78 is 27.1. The third-order valence-corrected chi connectivity index (χ3v) is 7.81. The Morgan fingerprint density at radius 2 is 1.91 bits per heavy atom. The van der Waals surface area contributed by atoms with Crippen molar-refractivity contribution in [1.82, 2.24) is 14.5 Å². The van der Waals surface area contributed by atoms with E-state index in [1.165, 1.54) is 0 Å². The second kappa shape index (κ2) is 6.63. The molecule has 0 bridgehead atoms. The molecule has 1 saturated carbocycles. The molecule has 1 saturated heterocycles. The number of sulfone groups is 1. The Hall–Kier alpha value is -1.37. The third-order valence-electron chi connectivity index (χ3n) is 5.19. The van der Waals surface area contributed by atoms with E-state index in [1.807, 2.05) is 17.7 Å². The maximum absolute atomic E-state index is 12.6. The van der Waals surface area contributed by atoms with Crippen LogP contribution in [-0.2, 0) is 14.6 Å². The predicted octanol–water partition coefficient (Wildman–Crippen LogP) is 1.79. The maximum Gasteiger partial charge on any atom is 0.224 e. The van der Waals surface area contributed by atoms with E-state index < -0.39 is 9.84 Å². The van der Waals surface area contributed by atoms with Gasteiger partial charge in [-0.2, -0.15) is 0 Å². The minimum Gasteiger partial charge on any atom is -0.340 e. The zero-order chi connectivity index (χ0) is 16.4. The van der Waals surface area contributed by atoms with Crippen molar-refractivity contribution in [2.24, 2.45) is 0 Å². The van der Waals surface area contributed by atoms with Crippen LogP contribution in [0.2, 0.25) is 0 Å². The van der Waals surface area contributed by atoms with Gasteiger partial charge >= 0.3 is 0 Å². The fourth-order valence-corrected chi connectivity index (χ4v) is 5.84. The predicted molar refractivity (Wildman–Crippen MR) is 87.7 cm³/mol. The summed E-state index contributed by atoms with van der Waals surface area (Å²) in [6, 6.07) is 0.0407. The van der Waals surface area contributed by atoms with Gasteiger partial charge in [0.25, 0.3) is 0 Å². The molecule has 1 amide bonds. The lowest BCUT2D eigenvalue weighted by molar-refractivity contribution is -0.135. The highest BCUT2D eigenvalue weighted by Gasteiger charge is 2.43. The van der Waals surface area contributed by atoms with Crippen LogP contribution in [0.3, 0.4) is 0 Å².